The van der Waals surface area contributed by atoms with Crippen molar-refractivity contribution in [2.24, 2.45) is 0 Å². The Morgan fingerprint density at radius 1 is 1.00 bits per heavy atom. The summed E-state index contributed by atoms with van der Waals surface area (Å²) >= 11 is 0. The van der Waals surface area contributed by atoms with Crippen molar-refractivity contribution in [2.45, 2.75) is 18.9 Å². The van der Waals surface area contributed by atoms with Crippen LogP contribution in [0.3, 0.4) is 0 Å². The van der Waals surface area contributed by atoms with E-state index in [4.69, 9.17) is 9.47 Å². The molecular weight excluding hydrogens is 378 g/mol. The average molecular weight is 399 g/mol. The van der Waals surface area contributed by atoms with E-state index < -0.39 is 0 Å². The van der Waals surface area contributed by atoms with Gasteiger partial charge >= 0.3 is 0 Å². The Labute approximate surface area is 174 Å². The first kappa shape index (κ1) is 18.4. The summed E-state index contributed by atoms with van der Waals surface area (Å²) in [5.41, 5.74) is 4.47. The number of nitrogens with zero attached hydrogens (tertiary/aromatic N) is 5. The molecule has 1 aliphatic rings. The molecule has 30 heavy (non-hydrogen) atoms. The SMILES string of the molecule is Cc1ccc(C2(c3ccc(OCc4ccnc(-n5cncn5)n4)cc3)COC2)cc1. The molecule has 1 fully saturated rings. The number of ether oxygens (including phenoxy) is 2. The molecule has 0 radical (unpaired) electrons. The molecule has 0 amide bonds. The van der Waals surface area contributed by atoms with E-state index in [0.29, 0.717) is 25.8 Å². The van der Waals surface area contributed by atoms with E-state index in [-0.39, 0.29) is 5.41 Å². The van der Waals surface area contributed by atoms with Crippen LogP contribution in [0.15, 0.2) is 73.4 Å². The van der Waals surface area contributed by atoms with Gasteiger partial charge in [0.25, 0.3) is 5.95 Å². The van der Waals surface area contributed by atoms with Gasteiger partial charge in [-0.3, -0.25) is 0 Å². The van der Waals surface area contributed by atoms with Crippen LogP contribution in [0.1, 0.15) is 22.4 Å². The molecule has 0 saturated carbocycles. The molecule has 0 unspecified atom stereocenters. The normalized spacial score (nSPS) is 14.8. The van der Waals surface area contributed by atoms with Gasteiger partial charge in [0.15, 0.2) is 0 Å². The summed E-state index contributed by atoms with van der Waals surface area (Å²) in [4.78, 5) is 12.6. The fourth-order valence-electron chi connectivity index (χ4n) is 3.59. The molecule has 1 aliphatic heterocycles. The van der Waals surface area contributed by atoms with Gasteiger partial charge in [0.2, 0.25) is 0 Å². The second-order valence-electron chi connectivity index (χ2n) is 7.44. The summed E-state index contributed by atoms with van der Waals surface area (Å²) in [6, 6.07) is 18.8. The standard InChI is InChI=1S/C23H21N5O2/c1-17-2-4-18(5-3-17)23(13-29-14-23)19-6-8-21(9-7-19)30-12-20-10-11-25-22(27-20)28-16-24-15-26-28/h2-11,15-16H,12-14H2,1H3. The summed E-state index contributed by atoms with van der Waals surface area (Å²) < 4.78 is 13.1. The maximum atomic E-state index is 5.94. The highest BCUT2D eigenvalue weighted by Crippen LogP contribution is 2.39. The molecule has 3 heterocycles. The van der Waals surface area contributed by atoms with Gasteiger partial charge in [-0.05, 0) is 36.2 Å². The van der Waals surface area contributed by atoms with Crippen LogP contribution in [0.4, 0.5) is 0 Å². The van der Waals surface area contributed by atoms with Crippen molar-refractivity contribution in [3.8, 4) is 11.7 Å². The van der Waals surface area contributed by atoms with Gasteiger partial charge in [0, 0.05) is 6.20 Å². The molecular formula is C23H21N5O2. The largest absolute Gasteiger partial charge is 0.487 e. The lowest BCUT2D eigenvalue weighted by Crippen LogP contribution is -2.47. The number of aromatic nitrogens is 5. The Morgan fingerprint density at radius 2 is 1.73 bits per heavy atom. The van der Waals surface area contributed by atoms with Crippen molar-refractivity contribution < 1.29 is 9.47 Å². The van der Waals surface area contributed by atoms with Crippen LogP contribution < -0.4 is 4.74 Å². The Bertz CT molecular complexity index is 1120. The molecule has 7 nitrogen and oxygen atoms in total. The molecule has 0 aliphatic carbocycles. The van der Waals surface area contributed by atoms with E-state index in [9.17, 15) is 0 Å². The van der Waals surface area contributed by atoms with Gasteiger partial charge in [-0.15, -0.1) is 0 Å². The van der Waals surface area contributed by atoms with Crippen molar-refractivity contribution in [2.75, 3.05) is 13.2 Å². The molecule has 4 aromatic rings. The first-order chi connectivity index (χ1) is 14.7. The van der Waals surface area contributed by atoms with Crippen molar-refractivity contribution >= 4 is 0 Å². The highest BCUT2D eigenvalue weighted by Gasteiger charge is 2.41. The van der Waals surface area contributed by atoms with E-state index >= 15 is 0 Å². The zero-order valence-electron chi connectivity index (χ0n) is 16.6. The molecule has 7 heteroatoms. The molecule has 2 aromatic carbocycles. The van der Waals surface area contributed by atoms with Crippen LogP contribution in [-0.4, -0.2) is 37.9 Å². The molecule has 150 valence electrons. The van der Waals surface area contributed by atoms with E-state index in [1.54, 1.807) is 12.5 Å². The third-order valence-electron chi connectivity index (χ3n) is 5.42. The number of hydrogen-bond acceptors (Lipinski definition) is 6. The number of hydrogen-bond donors (Lipinski definition) is 0. The lowest BCUT2D eigenvalue weighted by molar-refractivity contribution is -0.0380. The van der Waals surface area contributed by atoms with Crippen LogP contribution in [-0.2, 0) is 16.8 Å². The van der Waals surface area contributed by atoms with Crippen molar-refractivity contribution in [1.82, 2.24) is 24.7 Å². The molecule has 5 rings (SSSR count). The number of rotatable bonds is 6. The Morgan fingerprint density at radius 3 is 2.37 bits per heavy atom. The smallest absolute Gasteiger partial charge is 0.252 e. The third kappa shape index (κ3) is 3.44. The van der Waals surface area contributed by atoms with Crippen molar-refractivity contribution in [1.29, 1.82) is 0 Å². The first-order valence-corrected chi connectivity index (χ1v) is 9.78. The van der Waals surface area contributed by atoms with E-state index in [1.807, 2.05) is 18.2 Å². The minimum absolute atomic E-state index is 0.0778. The molecule has 0 N–H and O–H groups in total. The molecule has 0 spiro atoms. The van der Waals surface area contributed by atoms with Gasteiger partial charge < -0.3 is 9.47 Å². The Hall–Kier alpha value is -3.58. The van der Waals surface area contributed by atoms with E-state index in [1.165, 1.54) is 27.7 Å². The van der Waals surface area contributed by atoms with Crippen LogP contribution in [0.2, 0.25) is 0 Å². The third-order valence-corrected chi connectivity index (χ3v) is 5.42. The number of aryl methyl sites for hydroxylation is 1. The molecule has 0 atom stereocenters. The maximum Gasteiger partial charge on any atom is 0.252 e. The van der Waals surface area contributed by atoms with Crippen molar-refractivity contribution in [3.05, 3.63) is 95.8 Å². The quantitative estimate of drug-likeness (QED) is 0.495. The molecule has 2 aromatic heterocycles. The highest BCUT2D eigenvalue weighted by atomic mass is 16.5. The van der Waals surface area contributed by atoms with Crippen LogP contribution in [0, 0.1) is 6.92 Å². The van der Waals surface area contributed by atoms with Crippen LogP contribution in [0.25, 0.3) is 5.95 Å². The zero-order valence-corrected chi connectivity index (χ0v) is 16.6. The van der Waals surface area contributed by atoms with Gasteiger partial charge in [-0.25, -0.2) is 15.0 Å². The Kier molecular flexibility index (Phi) is 4.72. The molecule has 0 bridgehead atoms. The second-order valence-corrected chi connectivity index (χ2v) is 7.44. The van der Waals surface area contributed by atoms with E-state index in [2.05, 4.69) is 63.4 Å². The highest BCUT2D eigenvalue weighted by molar-refractivity contribution is 5.44. The predicted octanol–water partition coefficient (Wildman–Crippen LogP) is 3.26. The lowest BCUT2D eigenvalue weighted by atomic mass is 9.73. The van der Waals surface area contributed by atoms with Gasteiger partial charge in [-0.1, -0.05) is 42.0 Å². The maximum absolute atomic E-state index is 5.94. The minimum atomic E-state index is -0.0778. The fourth-order valence-corrected chi connectivity index (χ4v) is 3.59. The first-order valence-electron chi connectivity index (χ1n) is 9.78. The summed E-state index contributed by atoms with van der Waals surface area (Å²) in [5, 5.41) is 4.05. The predicted molar refractivity (Wildman–Crippen MR) is 111 cm³/mol. The fraction of sp³-hybridized carbons (Fsp3) is 0.217. The molecule has 1 saturated heterocycles. The second kappa shape index (κ2) is 7.68. The van der Waals surface area contributed by atoms with Crippen LogP contribution >= 0.6 is 0 Å². The van der Waals surface area contributed by atoms with Gasteiger partial charge in [0.1, 0.15) is 25.0 Å². The summed E-state index contributed by atoms with van der Waals surface area (Å²) in [6.07, 6.45) is 4.70. The number of benzene rings is 2. The topological polar surface area (TPSA) is 75.0 Å². The van der Waals surface area contributed by atoms with Gasteiger partial charge in [0.05, 0.1) is 24.3 Å². The minimum Gasteiger partial charge on any atom is -0.487 e. The van der Waals surface area contributed by atoms with E-state index in [0.717, 1.165) is 11.4 Å². The zero-order chi connectivity index (χ0) is 20.4. The Balaban J connectivity index is 1.30. The van der Waals surface area contributed by atoms with Crippen molar-refractivity contribution in [3.63, 3.8) is 0 Å². The summed E-state index contributed by atoms with van der Waals surface area (Å²) in [7, 11) is 0. The summed E-state index contributed by atoms with van der Waals surface area (Å²) in [5.74, 6) is 1.26. The lowest BCUT2D eigenvalue weighted by Gasteiger charge is -2.42. The van der Waals surface area contributed by atoms with Crippen LogP contribution in [0.5, 0.6) is 5.75 Å². The monoisotopic (exact) mass is 399 g/mol. The average Bonchev–Trinajstić information content (AvgIpc) is 3.29. The van der Waals surface area contributed by atoms with Gasteiger partial charge in [-0.2, -0.15) is 9.78 Å². The summed E-state index contributed by atoms with van der Waals surface area (Å²) in [6.45, 7) is 3.84.